The minimum absolute atomic E-state index is 0.135. The van der Waals surface area contributed by atoms with Crippen LogP contribution in [0.4, 0.5) is 0 Å². The molecule has 0 radical (unpaired) electrons. The number of carbonyl (C=O) groups is 2. The van der Waals surface area contributed by atoms with Crippen molar-refractivity contribution in [3.63, 3.8) is 0 Å². The summed E-state index contributed by atoms with van der Waals surface area (Å²) in [6.07, 6.45) is 0.616. The molecule has 0 atom stereocenters. The molecular weight excluding hydrogens is 429 g/mol. The number of benzene rings is 2. The maximum absolute atomic E-state index is 12.1. The third-order valence-corrected chi connectivity index (χ3v) is 5.63. The van der Waals surface area contributed by atoms with Gasteiger partial charge in [0.05, 0.1) is 22.8 Å². The molecule has 0 bridgehead atoms. The fraction of sp³-hybridized carbons (Fsp3) is 0.190. The van der Waals surface area contributed by atoms with Gasteiger partial charge in [0, 0.05) is 28.9 Å². The van der Waals surface area contributed by atoms with E-state index in [1.807, 2.05) is 12.3 Å². The number of aryl methyl sites for hydroxylation is 1. The second kappa shape index (κ2) is 9.87. The van der Waals surface area contributed by atoms with Crippen LogP contribution >= 0.6 is 34.5 Å². The first-order chi connectivity index (χ1) is 13.9. The van der Waals surface area contributed by atoms with Crippen LogP contribution in [0, 0.1) is 6.92 Å². The molecule has 0 aliphatic heterocycles. The summed E-state index contributed by atoms with van der Waals surface area (Å²) in [7, 11) is 0. The molecule has 0 aliphatic carbocycles. The number of hydrogen-bond acceptors (Lipinski definition) is 4. The molecule has 0 spiro atoms. The standard InChI is InChI=1S/C21H19Cl2N3O2S/c1-13-2-4-14(5-3-13)21-26-16(12-29-21)8-9-24-19(27)11-25-20(28)17-7-6-15(22)10-18(17)23/h2-7,10,12H,8-9,11H2,1H3,(H,24,27)(H,25,28). The summed E-state index contributed by atoms with van der Waals surface area (Å²) in [5.74, 6) is -0.707. The van der Waals surface area contributed by atoms with Crippen LogP contribution in [0.15, 0.2) is 47.8 Å². The van der Waals surface area contributed by atoms with E-state index >= 15 is 0 Å². The van der Waals surface area contributed by atoms with Crippen molar-refractivity contribution in [1.82, 2.24) is 15.6 Å². The van der Waals surface area contributed by atoms with Gasteiger partial charge >= 0.3 is 0 Å². The zero-order valence-electron chi connectivity index (χ0n) is 15.7. The fourth-order valence-corrected chi connectivity index (χ4v) is 3.93. The first-order valence-electron chi connectivity index (χ1n) is 8.94. The second-order valence-electron chi connectivity index (χ2n) is 6.42. The maximum Gasteiger partial charge on any atom is 0.253 e. The van der Waals surface area contributed by atoms with Crippen molar-refractivity contribution >= 4 is 46.4 Å². The van der Waals surface area contributed by atoms with E-state index in [9.17, 15) is 9.59 Å². The monoisotopic (exact) mass is 447 g/mol. The Balaban J connectivity index is 1.43. The van der Waals surface area contributed by atoms with Gasteiger partial charge in [-0.1, -0.05) is 53.0 Å². The van der Waals surface area contributed by atoms with Crippen LogP contribution in [-0.2, 0) is 11.2 Å². The fourth-order valence-electron chi connectivity index (χ4n) is 2.57. The van der Waals surface area contributed by atoms with E-state index in [1.54, 1.807) is 17.4 Å². The van der Waals surface area contributed by atoms with E-state index in [2.05, 4.69) is 39.9 Å². The lowest BCUT2D eigenvalue weighted by Crippen LogP contribution is -2.37. The Bertz CT molecular complexity index is 1020. The molecule has 0 unspecified atom stereocenters. The Kier molecular flexibility index (Phi) is 7.25. The largest absolute Gasteiger partial charge is 0.354 e. The van der Waals surface area contributed by atoms with Crippen LogP contribution in [0.25, 0.3) is 10.6 Å². The minimum atomic E-state index is -0.427. The number of halogens is 2. The summed E-state index contributed by atoms with van der Waals surface area (Å²) < 4.78 is 0. The zero-order valence-corrected chi connectivity index (χ0v) is 18.0. The topological polar surface area (TPSA) is 71.1 Å². The molecule has 3 rings (SSSR count). The molecule has 8 heteroatoms. The number of aromatic nitrogens is 1. The van der Waals surface area contributed by atoms with E-state index in [0.29, 0.717) is 18.0 Å². The Morgan fingerprint density at radius 2 is 1.83 bits per heavy atom. The van der Waals surface area contributed by atoms with Crippen LogP contribution in [0.3, 0.4) is 0 Å². The second-order valence-corrected chi connectivity index (χ2v) is 8.12. The highest BCUT2D eigenvalue weighted by Gasteiger charge is 2.12. The predicted molar refractivity (Wildman–Crippen MR) is 118 cm³/mol. The van der Waals surface area contributed by atoms with E-state index in [-0.39, 0.29) is 23.0 Å². The molecule has 1 heterocycles. The Labute approximate surface area is 183 Å². The first-order valence-corrected chi connectivity index (χ1v) is 10.6. The number of carbonyl (C=O) groups excluding carboxylic acids is 2. The van der Waals surface area contributed by atoms with Crippen LogP contribution in [0.1, 0.15) is 21.6 Å². The van der Waals surface area contributed by atoms with Crippen LogP contribution in [-0.4, -0.2) is 29.9 Å². The normalized spacial score (nSPS) is 10.6. The predicted octanol–water partition coefficient (Wildman–Crippen LogP) is 4.51. The van der Waals surface area contributed by atoms with E-state index in [4.69, 9.17) is 23.2 Å². The molecule has 0 saturated heterocycles. The number of nitrogens with zero attached hydrogens (tertiary/aromatic N) is 1. The summed E-state index contributed by atoms with van der Waals surface area (Å²) in [6, 6.07) is 12.8. The van der Waals surface area contributed by atoms with E-state index in [0.717, 1.165) is 16.3 Å². The molecule has 5 nitrogen and oxygen atoms in total. The number of nitrogens with one attached hydrogen (secondary N) is 2. The summed E-state index contributed by atoms with van der Waals surface area (Å²) in [6.45, 7) is 2.35. The molecular formula is C21H19Cl2N3O2S. The van der Waals surface area contributed by atoms with Gasteiger partial charge in [-0.3, -0.25) is 9.59 Å². The molecule has 2 amide bonds. The number of thiazole rings is 1. The molecule has 0 saturated carbocycles. The molecule has 2 aromatic carbocycles. The Hall–Kier alpha value is -2.41. The molecule has 0 fully saturated rings. The van der Waals surface area contributed by atoms with Gasteiger partial charge < -0.3 is 10.6 Å². The third kappa shape index (κ3) is 6.03. The van der Waals surface area contributed by atoms with Gasteiger partial charge in [-0.2, -0.15) is 0 Å². The molecule has 3 aromatic rings. The van der Waals surface area contributed by atoms with Gasteiger partial charge in [0.1, 0.15) is 5.01 Å². The summed E-state index contributed by atoms with van der Waals surface area (Å²) in [4.78, 5) is 28.7. The Morgan fingerprint density at radius 3 is 2.55 bits per heavy atom. The van der Waals surface area contributed by atoms with Gasteiger partial charge in [-0.15, -0.1) is 11.3 Å². The van der Waals surface area contributed by atoms with Crippen molar-refractivity contribution in [1.29, 1.82) is 0 Å². The number of hydrogen-bond donors (Lipinski definition) is 2. The minimum Gasteiger partial charge on any atom is -0.354 e. The van der Waals surface area contributed by atoms with Gasteiger partial charge in [-0.05, 0) is 25.1 Å². The van der Waals surface area contributed by atoms with Crippen molar-refractivity contribution in [2.24, 2.45) is 0 Å². The molecule has 150 valence electrons. The molecule has 29 heavy (non-hydrogen) atoms. The van der Waals surface area contributed by atoms with Gasteiger partial charge in [0.25, 0.3) is 5.91 Å². The number of rotatable bonds is 7. The van der Waals surface area contributed by atoms with E-state index < -0.39 is 5.91 Å². The zero-order chi connectivity index (χ0) is 20.8. The molecule has 2 N–H and O–H groups in total. The van der Waals surface area contributed by atoms with Crippen LogP contribution in [0.5, 0.6) is 0 Å². The van der Waals surface area contributed by atoms with Crippen molar-refractivity contribution < 1.29 is 9.59 Å². The summed E-state index contributed by atoms with van der Waals surface area (Å²) >= 11 is 13.4. The van der Waals surface area contributed by atoms with Gasteiger partial charge in [-0.25, -0.2) is 4.98 Å². The van der Waals surface area contributed by atoms with Gasteiger partial charge in [0.2, 0.25) is 5.91 Å². The average molecular weight is 448 g/mol. The average Bonchev–Trinajstić information content (AvgIpc) is 3.15. The smallest absolute Gasteiger partial charge is 0.253 e. The van der Waals surface area contributed by atoms with Crippen LogP contribution in [0.2, 0.25) is 10.0 Å². The van der Waals surface area contributed by atoms with Crippen LogP contribution < -0.4 is 10.6 Å². The Morgan fingerprint density at radius 1 is 1.07 bits per heavy atom. The van der Waals surface area contributed by atoms with Crippen molar-refractivity contribution in [2.45, 2.75) is 13.3 Å². The third-order valence-electron chi connectivity index (χ3n) is 4.14. The summed E-state index contributed by atoms with van der Waals surface area (Å²) in [5.41, 5.74) is 3.48. The highest BCUT2D eigenvalue weighted by atomic mass is 35.5. The maximum atomic E-state index is 12.1. The van der Waals surface area contributed by atoms with Crippen molar-refractivity contribution in [3.8, 4) is 10.6 Å². The molecule has 0 aliphatic rings. The van der Waals surface area contributed by atoms with Gasteiger partial charge in [0.15, 0.2) is 0 Å². The quantitative estimate of drug-likeness (QED) is 0.559. The SMILES string of the molecule is Cc1ccc(-c2nc(CCNC(=O)CNC(=O)c3ccc(Cl)cc3Cl)cs2)cc1. The van der Waals surface area contributed by atoms with Crippen molar-refractivity contribution in [2.75, 3.05) is 13.1 Å². The summed E-state index contributed by atoms with van der Waals surface area (Å²) in [5, 5.41) is 8.95. The lowest BCUT2D eigenvalue weighted by molar-refractivity contribution is -0.120. The highest BCUT2D eigenvalue weighted by Crippen LogP contribution is 2.24. The lowest BCUT2D eigenvalue weighted by Gasteiger charge is -2.08. The van der Waals surface area contributed by atoms with Crippen molar-refractivity contribution in [3.05, 3.63) is 74.7 Å². The first kappa shape index (κ1) is 21.3. The highest BCUT2D eigenvalue weighted by molar-refractivity contribution is 7.13. The number of amides is 2. The lowest BCUT2D eigenvalue weighted by atomic mass is 10.2. The van der Waals surface area contributed by atoms with E-state index in [1.165, 1.54) is 17.7 Å². The molecule has 1 aromatic heterocycles.